The van der Waals surface area contributed by atoms with Crippen molar-refractivity contribution in [2.24, 2.45) is 5.14 Å². The highest BCUT2D eigenvalue weighted by molar-refractivity contribution is 7.89. The summed E-state index contributed by atoms with van der Waals surface area (Å²) in [5, 5.41) is 18.0. The zero-order valence-corrected chi connectivity index (χ0v) is 12.2. The van der Waals surface area contributed by atoms with Crippen LogP contribution in [0.3, 0.4) is 0 Å². The van der Waals surface area contributed by atoms with E-state index in [1.54, 1.807) is 0 Å². The Hall–Kier alpha value is -2.46. The lowest BCUT2D eigenvalue weighted by Crippen LogP contribution is -2.37. The van der Waals surface area contributed by atoms with Crippen molar-refractivity contribution in [2.75, 3.05) is 13.1 Å². The molecule has 0 aliphatic rings. The SMILES string of the molecule is NS(=O)(=O)c1ccc(C(=O)NCC(=O)NCCC(=O)O)cc1. The second-order valence-electron chi connectivity index (χ2n) is 4.25. The van der Waals surface area contributed by atoms with E-state index in [4.69, 9.17) is 10.2 Å². The Morgan fingerprint density at radius 3 is 2.18 bits per heavy atom. The lowest BCUT2D eigenvalue weighted by molar-refractivity contribution is -0.136. The molecule has 0 fully saturated rings. The Labute approximate surface area is 126 Å². The number of sulfonamides is 1. The summed E-state index contributed by atoms with van der Waals surface area (Å²) in [6.45, 7) is -0.359. The number of carboxylic acids is 1. The largest absolute Gasteiger partial charge is 0.481 e. The second-order valence-corrected chi connectivity index (χ2v) is 5.81. The van der Waals surface area contributed by atoms with Crippen LogP contribution in [0.2, 0.25) is 0 Å². The van der Waals surface area contributed by atoms with Gasteiger partial charge in [0, 0.05) is 12.1 Å². The van der Waals surface area contributed by atoms with Crippen molar-refractivity contribution >= 4 is 27.8 Å². The van der Waals surface area contributed by atoms with E-state index in [-0.39, 0.29) is 30.0 Å². The Morgan fingerprint density at radius 2 is 1.68 bits per heavy atom. The number of carboxylic acid groups (broad SMARTS) is 1. The van der Waals surface area contributed by atoms with Crippen LogP contribution < -0.4 is 15.8 Å². The first-order valence-corrected chi connectivity index (χ1v) is 7.64. The molecular formula is C12H15N3O6S. The van der Waals surface area contributed by atoms with Crippen molar-refractivity contribution in [1.82, 2.24) is 10.6 Å². The van der Waals surface area contributed by atoms with Gasteiger partial charge in [0.1, 0.15) is 0 Å². The number of carbonyl (C=O) groups excluding carboxylic acids is 2. The topological polar surface area (TPSA) is 156 Å². The molecule has 0 aliphatic heterocycles. The van der Waals surface area contributed by atoms with E-state index in [1.165, 1.54) is 24.3 Å². The number of primary sulfonamides is 1. The average molecular weight is 329 g/mol. The number of hydrogen-bond acceptors (Lipinski definition) is 5. The average Bonchev–Trinajstić information content (AvgIpc) is 2.43. The van der Waals surface area contributed by atoms with E-state index in [2.05, 4.69) is 10.6 Å². The molecule has 0 atom stereocenters. The summed E-state index contributed by atoms with van der Waals surface area (Å²) in [6, 6.07) is 4.88. The molecule has 0 unspecified atom stereocenters. The van der Waals surface area contributed by atoms with Gasteiger partial charge < -0.3 is 15.7 Å². The van der Waals surface area contributed by atoms with Gasteiger partial charge in [0.25, 0.3) is 5.91 Å². The van der Waals surface area contributed by atoms with Crippen molar-refractivity contribution in [3.05, 3.63) is 29.8 Å². The zero-order chi connectivity index (χ0) is 16.8. The molecule has 0 heterocycles. The minimum Gasteiger partial charge on any atom is -0.481 e. The summed E-state index contributed by atoms with van der Waals surface area (Å²) >= 11 is 0. The molecule has 0 aromatic heterocycles. The predicted octanol–water partition coefficient (Wildman–Crippen LogP) is -1.35. The quantitative estimate of drug-likeness (QED) is 0.485. The Bertz CT molecular complexity index is 669. The molecule has 1 aromatic carbocycles. The molecule has 1 aromatic rings. The highest BCUT2D eigenvalue weighted by Gasteiger charge is 2.11. The van der Waals surface area contributed by atoms with Crippen LogP contribution in [0.25, 0.3) is 0 Å². The molecule has 10 heteroatoms. The molecule has 120 valence electrons. The maximum Gasteiger partial charge on any atom is 0.305 e. The number of nitrogens with two attached hydrogens (primary N) is 1. The highest BCUT2D eigenvalue weighted by Crippen LogP contribution is 2.08. The zero-order valence-electron chi connectivity index (χ0n) is 11.4. The van der Waals surface area contributed by atoms with Gasteiger partial charge in [-0.1, -0.05) is 0 Å². The van der Waals surface area contributed by atoms with E-state index in [1.807, 2.05) is 0 Å². The molecule has 2 amide bonds. The Balaban J connectivity index is 2.49. The number of carbonyl (C=O) groups is 3. The summed E-state index contributed by atoms with van der Waals surface area (Å²) in [5.74, 6) is -2.15. The normalized spacial score (nSPS) is 10.8. The molecule has 0 aliphatic carbocycles. The predicted molar refractivity (Wildman–Crippen MR) is 75.4 cm³/mol. The number of aliphatic carboxylic acids is 1. The van der Waals surface area contributed by atoms with Gasteiger partial charge in [-0.25, -0.2) is 13.6 Å². The fraction of sp³-hybridized carbons (Fsp3) is 0.250. The van der Waals surface area contributed by atoms with Crippen LogP contribution in [0.5, 0.6) is 0 Å². The summed E-state index contributed by atoms with van der Waals surface area (Å²) < 4.78 is 22.1. The van der Waals surface area contributed by atoms with Crippen LogP contribution in [0.15, 0.2) is 29.2 Å². The maximum absolute atomic E-state index is 11.7. The van der Waals surface area contributed by atoms with Gasteiger partial charge in [-0.2, -0.15) is 0 Å². The van der Waals surface area contributed by atoms with Crippen LogP contribution in [-0.2, 0) is 19.6 Å². The van der Waals surface area contributed by atoms with E-state index >= 15 is 0 Å². The number of hydrogen-bond donors (Lipinski definition) is 4. The van der Waals surface area contributed by atoms with Crippen molar-refractivity contribution in [3.8, 4) is 0 Å². The Morgan fingerprint density at radius 1 is 1.09 bits per heavy atom. The van der Waals surface area contributed by atoms with E-state index < -0.39 is 27.8 Å². The first-order chi connectivity index (χ1) is 10.2. The van der Waals surface area contributed by atoms with Gasteiger partial charge in [-0.15, -0.1) is 0 Å². The molecular weight excluding hydrogens is 314 g/mol. The van der Waals surface area contributed by atoms with Gasteiger partial charge in [0.2, 0.25) is 15.9 Å². The fourth-order valence-electron chi connectivity index (χ4n) is 1.43. The summed E-state index contributed by atoms with van der Waals surface area (Å²) in [7, 11) is -3.83. The summed E-state index contributed by atoms with van der Waals surface area (Å²) in [5.41, 5.74) is 0.158. The molecule has 5 N–H and O–H groups in total. The van der Waals surface area contributed by atoms with Crippen LogP contribution in [0, 0.1) is 0 Å². The first-order valence-electron chi connectivity index (χ1n) is 6.09. The van der Waals surface area contributed by atoms with Gasteiger partial charge in [0.15, 0.2) is 0 Å². The maximum atomic E-state index is 11.7. The molecule has 0 saturated carbocycles. The minimum absolute atomic E-state index is 0.0346. The van der Waals surface area contributed by atoms with Crippen molar-refractivity contribution in [3.63, 3.8) is 0 Å². The molecule has 9 nitrogen and oxygen atoms in total. The molecule has 1 rings (SSSR count). The monoisotopic (exact) mass is 329 g/mol. The number of nitrogens with one attached hydrogen (secondary N) is 2. The van der Waals surface area contributed by atoms with Crippen molar-refractivity contribution in [1.29, 1.82) is 0 Å². The minimum atomic E-state index is -3.83. The fourth-order valence-corrected chi connectivity index (χ4v) is 1.95. The third kappa shape index (κ3) is 5.89. The van der Waals surface area contributed by atoms with Crippen molar-refractivity contribution < 1.29 is 27.9 Å². The van der Waals surface area contributed by atoms with Crippen LogP contribution in [0.4, 0.5) is 0 Å². The third-order valence-electron chi connectivity index (χ3n) is 2.52. The van der Waals surface area contributed by atoms with E-state index in [9.17, 15) is 22.8 Å². The number of rotatable bonds is 7. The molecule has 0 saturated heterocycles. The standard InChI is InChI=1S/C12H15N3O6S/c13-22(20,21)9-3-1-8(2-4-9)12(19)15-7-10(16)14-6-5-11(17)18/h1-4H,5-7H2,(H,14,16)(H,15,19)(H,17,18)(H2,13,20,21). The van der Waals surface area contributed by atoms with Crippen molar-refractivity contribution in [2.45, 2.75) is 11.3 Å². The lowest BCUT2D eigenvalue weighted by atomic mass is 10.2. The third-order valence-corrected chi connectivity index (χ3v) is 3.44. The number of benzene rings is 1. The van der Waals surface area contributed by atoms with Crippen LogP contribution in [0.1, 0.15) is 16.8 Å². The molecule has 0 spiro atoms. The van der Waals surface area contributed by atoms with Gasteiger partial charge >= 0.3 is 5.97 Å². The Kier molecular flexibility index (Phi) is 6.01. The van der Waals surface area contributed by atoms with Gasteiger partial charge in [-0.3, -0.25) is 14.4 Å². The molecule has 0 radical (unpaired) electrons. The summed E-state index contributed by atoms with van der Waals surface area (Å²) in [4.78, 5) is 33.2. The lowest BCUT2D eigenvalue weighted by Gasteiger charge is -2.06. The van der Waals surface area contributed by atoms with Gasteiger partial charge in [0.05, 0.1) is 17.9 Å². The number of amides is 2. The highest BCUT2D eigenvalue weighted by atomic mass is 32.2. The second kappa shape index (κ2) is 7.52. The first kappa shape index (κ1) is 17.6. The molecule has 22 heavy (non-hydrogen) atoms. The summed E-state index contributed by atoms with van der Waals surface area (Å²) in [6.07, 6.45) is -0.214. The van der Waals surface area contributed by atoms with Gasteiger partial charge in [-0.05, 0) is 24.3 Å². The van der Waals surface area contributed by atoms with E-state index in [0.717, 1.165) is 0 Å². The van der Waals surface area contributed by atoms with Crippen LogP contribution >= 0.6 is 0 Å². The van der Waals surface area contributed by atoms with Crippen LogP contribution in [-0.4, -0.2) is 44.4 Å². The van der Waals surface area contributed by atoms with E-state index in [0.29, 0.717) is 0 Å². The smallest absolute Gasteiger partial charge is 0.305 e. The molecule has 0 bridgehead atoms.